The molecule has 1 atom stereocenters. The number of hydrogen-bond donors (Lipinski definition) is 1. The molecule has 0 spiro atoms. The quantitative estimate of drug-likeness (QED) is 0.582. The van der Waals surface area contributed by atoms with Crippen molar-refractivity contribution in [3.05, 3.63) is 54.1 Å². The van der Waals surface area contributed by atoms with Crippen molar-refractivity contribution >= 4 is 50.8 Å². The molecule has 146 valence electrons. The number of thioether (sulfide) groups is 1. The number of fused-ring (bicyclic) bond motifs is 1. The maximum Gasteiger partial charge on any atom is 0.243 e. The number of carbonyl (C=O) groups is 2. The van der Waals surface area contributed by atoms with Gasteiger partial charge < -0.3 is 10.2 Å². The molecule has 3 aromatic rings. The Bertz CT molecular complexity index is 953. The monoisotopic (exact) mass is 413 g/mol. The smallest absolute Gasteiger partial charge is 0.243 e. The molecule has 5 nitrogen and oxygen atoms in total. The molecule has 0 radical (unpaired) electrons. The molecule has 1 N–H and O–H groups in total. The van der Waals surface area contributed by atoms with Crippen LogP contribution in [0.4, 0.5) is 5.69 Å². The fourth-order valence-electron chi connectivity index (χ4n) is 2.85. The molecule has 3 rings (SSSR count). The lowest BCUT2D eigenvalue weighted by Gasteiger charge is -2.20. The number of nitrogens with zero attached hydrogens (tertiary/aromatic N) is 2. The summed E-state index contributed by atoms with van der Waals surface area (Å²) in [5.74, 6) is -0.294. The summed E-state index contributed by atoms with van der Waals surface area (Å²) in [5, 5.41) is 2.59. The summed E-state index contributed by atoms with van der Waals surface area (Å²) in [4.78, 5) is 31.1. The van der Waals surface area contributed by atoms with Gasteiger partial charge in [0, 0.05) is 12.7 Å². The third-order valence-corrected chi connectivity index (χ3v) is 6.55. The Hall–Kier alpha value is -2.38. The molecule has 0 aliphatic heterocycles. The highest BCUT2D eigenvalue weighted by atomic mass is 32.2. The number of nitrogens with one attached hydrogen (secondary N) is 1. The van der Waals surface area contributed by atoms with Crippen LogP contribution in [0.3, 0.4) is 0 Å². The van der Waals surface area contributed by atoms with E-state index in [0.29, 0.717) is 0 Å². The van der Waals surface area contributed by atoms with E-state index >= 15 is 0 Å². The van der Waals surface area contributed by atoms with Gasteiger partial charge in [-0.25, -0.2) is 4.98 Å². The molecule has 0 fully saturated rings. The van der Waals surface area contributed by atoms with Crippen molar-refractivity contribution in [3.8, 4) is 0 Å². The second-order valence-corrected chi connectivity index (χ2v) is 9.08. The molecule has 0 saturated carbocycles. The number of benzene rings is 2. The summed E-state index contributed by atoms with van der Waals surface area (Å²) < 4.78 is 1.96. The van der Waals surface area contributed by atoms with E-state index in [0.717, 1.165) is 32.2 Å². The Morgan fingerprint density at radius 2 is 1.89 bits per heavy atom. The summed E-state index contributed by atoms with van der Waals surface area (Å²) in [6, 6.07) is 15.6. The minimum absolute atomic E-state index is 0.0155. The summed E-state index contributed by atoms with van der Waals surface area (Å²) in [6.45, 7) is 3.91. The third-order valence-electron chi connectivity index (χ3n) is 4.33. The molecule has 1 aromatic heterocycles. The molecule has 28 heavy (non-hydrogen) atoms. The van der Waals surface area contributed by atoms with E-state index in [4.69, 9.17) is 0 Å². The molecule has 0 saturated heterocycles. The van der Waals surface area contributed by atoms with Crippen LogP contribution in [0, 0.1) is 0 Å². The first-order valence-electron chi connectivity index (χ1n) is 9.13. The number of aryl methyl sites for hydroxylation is 1. The van der Waals surface area contributed by atoms with E-state index in [1.807, 2.05) is 62.4 Å². The molecule has 2 aromatic carbocycles. The Morgan fingerprint density at radius 3 is 2.64 bits per heavy atom. The summed E-state index contributed by atoms with van der Waals surface area (Å²) in [7, 11) is 1.66. The van der Waals surface area contributed by atoms with Crippen LogP contribution in [-0.4, -0.2) is 40.5 Å². The zero-order valence-corrected chi connectivity index (χ0v) is 17.8. The van der Waals surface area contributed by atoms with Gasteiger partial charge >= 0.3 is 0 Å². The van der Waals surface area contributed by atoms with Crippen molar-refractivity contribution in [2.24, 2.45) is 0 Å². The van der Waals surface area contributed by atoms with E-state index < -0.39 is 0 Å². The zero-order chi connectivity index (χ0) is 20.1. The Balaban J connectivity index is 1.57. The fourth-order valence-corrected chi connectivity index (χ4v) is 5.17. The predicted octanol–water partition coefficient (Wildman–Crippen LogP) is 4.44. The van der Waals surface area contributed by atoms with Crippen LogP contribution in [0.25, 0.3) is 10.2 Å². The first-order valence-corrected chi connectivity index (χ1v) is 10.8. The maximum atomic E-state index is 12.7. The Labute approximate surface area is 173 Å². The number of aromatic nitrogens is 1. The maximum absolute atomic E-state index is 12.7. The van der Waals surface area contributed by atoms with Gasteiger partial charge in [0.1, 0.15) is 0 Å². The lowest BCUT2D eigenvalue weighted by Crippen LogP contribution is -2.39. The minimum Gasteiger partial charge on any atom is -0.335 e. The summed E-state index contributed by atoms with van der Waals surface area (Å²) >= 11 is 3.00. The standard InChI is InChI=1S/C21H23N3O2S2/c1-4-15-9-5-6-10-16(15)22-19(25)13-24(3)20(26)14(2)27-21-23-17-11-7-8-12-18(17)28-21/h5-12,14H,4,13H2,1-3H3,(H,22,25). The average Bonchev–Trinajstić information content (AvgIpc) is 3.09. The third kappa shape index (κ3) is 4.91. The van der Waals surface area contributed by atoms with Gasteiger partial charge in [0.25, 0.3) is 0 Å². The van der Waals surface area contributed by atoms with Crippen molar-refractivity contribution in [1.29, 1.82) is 0 Å². The normalized spacial score (nSPS) is 12.0. The molecule has 7 heteroatoms. The second kappa shape index (κ2) is 9.21. The molecule has 1 unspecified atom stereocenters. The van der Waals surface area contributed by atoms with Gasteiger partial charge in [0.05, 0.1) is 22.0 Å². The zero-order valence-electron chi connectivity index (χ0n) is 16.1. The van der Waals surface area contributed by atoms with Crippen LogP contribution in [0.2, 0.25) is 0 Å². The summed E-state index contributed by atoms with van der Waals surface area (Å²) in [6.07, 6.45) is 0.834. The van der Waals surface area contributed by atoms with Gasteiger partial charge in [-0.05, 0) is 37.1 Å². The van der Waals surface area contributed by atoms with Crippen molar-refractivity contribution in [1.82, 2.24) is 9.88 Å². The van der Waals surface area contributed by atoms with Crippen LogP contribution in [0.5, 0.6) is 0 Å². The highest BCUT2D eigenvalue weighted by molar-refractivity contribution is 8.02. The largest absolute Gasteiger partial charge is 0.335 e. The lowest BCUT2D eigenvalue weighted by molar-refractivity contribution is -0.132. The van der Waals surface area contributed by atoms with Gasteiger partial charge in [-0.15, -0.1) is 11.3 Å². The molecule has 2 amide bonds. The number of likely N-dealkylation sites (N-methyl/N-ethyl adjacent to an activating group) is 1. The van der Waals surface area contributed by atoms with E-state index in [1.165, 1.54) is 16.7 Å². The number of rotatable bonds is 7. The number of hydrogen-bond acceptors (Lipinski definition) is 5. The van der Waals surface area contributed by atoms with Crippen molar-refractivity contribution in [2.75, 3.05) is 18.9 Å². The van der Waals surface area contributed by atoms with Crippen LogP contribution in [0.15, 0.2) is 52.9 Å². The van der Waals surface area contributed by atoms with Crippen molar-refractivity contribution < 1.29 is 9.59 Å². The van der Waals surface area contributed by atoms with Crippen LogP contribution < -0.4 is 5.32 Å². The predicted molar refractivity (Wildman–Crippen MR) is 117 cm³/mol. The first-order chi connectivity index (χ1) is 13.5. The molecular weight excluding hydrogens is 390 g/mol. The van der Waals surface area contributed by atoms with E-state index in [9.17, 15) is 9.59 Å². The van der Waals surface area contributed by atoms with Gasteiger partial charge in [-0.2, -0.15) is 0 Å². The second-order valence-electron chi connectivity index (χ2n) is 6.46. The van der Waals surface area contributed by atoms with Crippen LogP contribution in [0.1, 0.15) is 19.4 Å². The number of para-hydroxylation sites is 2. The Morgan fingerprint density at radius 1 is 1.18 bits per heavy atom. The first kappa shape index (κ1) is 20.4. The van der Waals surface area contributed by atoms with Crippen LogP contribution in [-0.2, 0) is 16.0 Å². The number of carbonyl (C=O) groups excluding carboxylic acids is 2. The average molecular weight is 414 g/mol. The SMILES string of the molecule is CCc1ccccc1NC(=O)CN(C)C(=O)C(C)Sc1nc2ccccc2s1. The van der Waals surface area contributed by atoms with Crippen LogP contribution >= 0.6 is 23.1 Å². The number of thiazole rings is 1. The number of anilines is 1. The van der Waals surface area contributed by atoms with Crippen molar-refractivity contribution in [2.45, 2.75) is 29.9 Å². The van der Waals surface area contributed by atoms with E-state index in [2.05, 4.69) is 10.3 Å². The molecule has 0 bridgehead atoms. The van der Waals surface area contributed by atoms with Gasteiger partial charge in [0.2, 0.25) is 11.8 Å². The van der Waals surface area contributed by atoms with E-state index in [-0.39, 0.29) is 23.6 Å². The fraction of sp³-hybridized carbons (Fsp3) is 0.286. The summed E-state index contributed by atoms with van der Waals surface area (Å²) in [5.41, 5.74) is 2.81. The molecule has 1 heterocycles. The number of amides is 2. The van der Waals surface area contributed by atoms with Gasteiger partial charge in [-0.3, -0.25) is 9.59 Å². The van der Waals surface area contributed by atoms with E-state index in [1.54, 1.807) is 18.4 Å². The molecule has 0 aliphatic rings. The Kier molecular flexibility index (Phi) is 6.70. The van der Waals surface area contributed by atoms with Gasteiger partial charge in [-0.1, -0.05) is 49.0 Å². The van der Waals surface area contributed by atoms with Crippen molar-refractivity contribution in [3.63, 3.8) is 0 Å². The highest BCUT2D eigenvalue weighted by Gasteiger charge is 2.22. The molecule has 0 aliphatic carbocycles. The lowest BCUT2D eigenvalue weighted by atomic mass is 10.1. The topological polar surface area (TPSA) is 62.3 Å². The van der Waals surface area contributed by atoms with Gasteiger partial charge in [0.15, 0.2) is 4.34 Å². The highest BCUT2D eigenvalue weighted by Crippen LogP contribution is 2.32. The minimum atomic E-state index is -0.318. The molecular formula is C21H23N3O2S2.